The molecule has 21 nitrogen and oxygen atoms in total. The zero-order valence-corrected chi connectivity index (χ0v) is 40.0. The molecule has 5 N–H and O–H groups in total. The molecular formula is C48H59N7O14. The lowest BCUT2D eigenvalue weighted by Gasteiger charge is -2.38. The van der Waals surface area contributed by atoms with Crippen molar-refractivity contribution in [2.75, 3.05) is 32.1 Å². The molecule has 1 saturated heterocycles. The van der Waals surface area contributed by atoms with Gasteiger partial charge in [0.1, 0.15) is 40.9 Å². The number of imidazole rings is 1. The van der Waals surface area contributed by atoms with Crippen molar-refractivity contribution in [2.24, 2.45) is 33.7 Å². The number of anilines is 1. The van der Waals surface area contributed by atoms with Crippen LogP contribution in [0.3, 0.4) is 0 Å². The highest BCUT2D eigenvalue weighted by molar-refractivity contribution is 6.19. The number of carbonyl (C=O) groups is 3. The standard InChI is InChI=1S/C48H59N7O14/c1-22-11-10-12-23(2)45(62)50-37-36-35(51-48(52-36)14-16-53(17-15-48)19-29-20-54-21-31(55(63)64)49-46(54)68-29)32-33(41(37)60)40(59)27(6)43-34(32)44(61)47(8,69-43)66-18-13-30(65-9)24(3)42(67-28(7)56)26(5)39(58)25(4)38(22)57/h10-13,18,21-22,24-26,29-30,38-39,42,57-60H,14-17,19-20H2,1-9H3,(H,50,62)/b11-10+,18-13+,23-12-/t22-,24+,25+,26+,29?,30-,38-,39+,42+,47-/m0/s1. The largest absolute Gasteiger partial charge is 0.507 e. The molecule has 3 aromatic rings. The number of hydrogen-bond donors (Lipinski definition) is 5. The molecule has 5 aliphatic rings. The summed E-state index contributed by atoms with van der Waals surface area (Å²) in [6.45, 7) is 14.5. The number of aliphatic hydroxyl groups is 2. The molecule has 0 aliphatic carbocycles. The van der Waals surface area contributed by atoms with Crippen LogP contribution in [0.2, 0.25) is 0 Å². The number of aromatic nitrogens is 2. The summed E-state index contributed by atoms with van der Waals surface area (Å²) in [6, 6.07) is 0.179. The molecule has 1 aromatic heterocycles. The number of rotatable bonds is 5. The van der Waals surface area contributed by atoms with Gasteiger partial charge in [-0.05, 0) is 24.8 Å². The van der Waals surface area contributed by atoms with Gasteiger partial charge in [-0.25, -0.2) is 0 Å². The quantitative estimate of drug-likeness (QED) is 0.106. The number of nitrogens with one attached hydrogen (secondary N) is 1. The average molecular weight is 958 g/mol. The number of nitro groups is 1. The number of likely N-dealkylation sites (tertiary alicyclic amines) is 1. The first-order valence-corrected chi connectivity index (χ1v) is 23.0. The zero-order valence-electron chi connectivity index (χ0n) is 40.0. The highest BCUT2D eigenvalue weighted by Gasteiger charge is 2.50. The van der Waals surface area contributed by atoms with E-state index < -0.39 is 93.6 Å². The Morgan fingerprint density at radius 3 is 2.35 bits per heavy atom. The number of ketones is 1. The second kappa shape index (κ2) is 18.5. The molecule has 2 aromatic carbocycles. The lowest BCUT2D eigenvalue weighted by atomic mass is 9.78. The Hall–Kier alpha value is -6.42. The molecule has 5 aliphatic heterocycles. The van der Waals surface area contributed by atoms with Crippen molar-refractivity contribution >= 4 is 39.9 Å². The van der Waals surface area contributed by atoms with Crippen LogP contribution in [0.25, 0.3) is 10.8 Å². The smallest absolute Gasteiger partial charge is 0.414 e. The van der Waals surface area contributed by atoms with E-state index in [0.29, 0.717) is 39.0 Å². The minimum atomic E-state index is -2.02. The number of aliphatic hydroxyl groups excluding tert-OH is 2. The van der Waals surface area contributed by atoms with Gasteiger partial charge in [-0.15, -0.1) is 0 Å². The van der Waals surface area contributed by atoms with Crippen LogP contribution < -0.4 is 25.5 Å². The molecule has 21 heteroatoms. The van der Waals surface area contributed by atoms with E-state index in [9.17, 15) is 44.9 Å². The molecule has 8 rings (SSSR count). The Morgan fingerprint density at radius 2 is 1.70 bits per heavy atom. The normalized spacial score (nSPS) is 31.9. The number of aromatic hydroxyl groups is 2. The van der Waals surface area contributed by atoms with Gasteiger partial charge in [0.05, 0.1) is 47.4 Å². The van der Waals surface area contributed by atoms with Crippen molar-refractivity contribution in [3.8, 4) is 23.3 Å². The third-order valence-electron chi connectivity index (χ3n) is 14.3. The molecule has 1 amide bonds. The fraction of sp³-hybridized carbons (Fsp3) is 0.542. The Balaban J connectivity index is 1.20. The lowest BCUT2D eigenvalue weighted by Crippen LogP contribution is -2.46. The van der Waals surface area contributed by atoms with E-state index in [1.165, 1.54) is 52.5 Å². The maximum atomic E-state index is 14.8. The number of fused-ring (bicyclic) bond motifs is 2. The van der Waals surface area contributed by atoms with Crippen LogP contribution in [0.1, 0.15) is 77.2 Å². The van der Waals surface area contributed by atoms with Gasteiger partial charge in [0, 0.05) is 98.6 Å². The Kier molecular flexibility index (Phi) is 13.1. The monoisotopic (exact) mass is 957 g/mol. The molecule has 0 radical (unpaired) electrons. The van der Waals surface area contributed by atoms with Crippen molar-refractivity contribution in [2.45, 2.75) is 117 Å². The van der Waals surface area contributed by atoms with Crippen LogP contribution in [0, 0.1) is 40.7 Å². The number of piperidine rings is 1. The predicted molar refractivity (Wildman–Crippen MR) is 246 cm³/mol. The van der Waals surface area contributed by atoms with E-state index in [4.69, 9.17) is 33.7 Å². The molecule has 69 heavy (non-hydrogen) atoms. The fourth-order valence-corrected chi connectivity index (χ4v) is 10.2. The minimum Gasteiger partial charge on any atom is -0.507 e. The van der Waals surface area contributed by atoms with Crippen LogP contribution in [-0.4, -0.2) is 126 Å². The van der Waals surface area contributed by atoms with Gasteiger partial charge in [-0.2, -0.15) is 0 Å². The van der Waals surface area contributed by atoms with Crippen molar-refractivity contribution in [1.29, 1.82) is 0 Å². The van der Waals surface area contributed by atoms with Crippen molar-refractivity contribution in [3.05, 3.63) is 74.3 Å². The topological polar surface area (TPSA) is 279 Å². The third-order valence-corrected chi connectivity index (χ3v) is 14.3. The van der Waals surface area contributed by atoms with Crippen LogP contribution in [0.15, 0.2) is 52.3 Å². The highest BCUT2D eigenvalue weighted by atomic mass is 16.7. The molecule has 1 fully saturated rings. The summed E-state index contributed by atoms with van der Waals surface area (Å²) < 4.78 is 31.6. The number of Topliss-reactive ketones (excluding diaryl/α,β-unsaturated/α-hetero) is 1. The number of esters is 1. The number of phenols is 2. The first kappa shape index (κ1) is 49.0. The van der Waals surface area contributed by atoms with Crippen LogP contribution >= 0.6 is 0 Å². The number of amides is 1. The number of carbonyl (C=O) groups excluding carboxylic acids is 3. The Bertz CT molecular complexity index is 2810. The van der Waals surface area contributed by atoms with Crippen LogP contribution in [0.5, 0.6) is 23.3 Å². The van der Waals surface area contributed by atoms with E-state index in [2.05, 4.69) is 15.2 Å². The number of phenolic OH excluding ortho intramolecular Hbond substituents is 2. The van der Waals surface area contributed by atoms with Gasteiger partial charge in [-0.3, -0.25) is 33.8 Å². The Morgan fingerprint density at radius 1 is 1.00 bits per heavy atom. The SMILES string of the molecule is CO[C@H]1/C=C/O[C@@]2(C)Oc3c(C)c(O)c4c(O)c(c5c(c4c3C2=O)=NC2(CCN(CC3Cn4cc([N+](=O)[O-])nc4O3)CC2)N=5)NC(=O)/C(C)=C\C=C\[C@H](C)[C@H](O)[C@@H](C)[C@@H](O)[C@@H](C)[C@H](OC(C)=O)[C@@H]1C. The summed E-state index contributed by atoms with van der Waals surface area (Å²) in [6.07, 6.45) is 5.44. The molecular weight excluding hydrogens is 899 g/mol. The van der Waals surface area contributed by atoms with Gasteiger partial charge < -0.3 is 59.5 Å². The molecule has 1 spiro atoms. The maximum Gasteiger partial charge on any atom is 0.414 e. The first-order valence-electron chi connectivity index (χ1n) is 23.0. The molecule has 370 valence electrons. The summed E-state index contributed by atoms with van der Waals surface area (Å²) >= 11 is 0. The van der Waals surface area contributed by atoms with Crippen LogP contribution in [-0.2, 0) is 30.3 Å². The predicted octanol–water partition coefficient (Wildman–Crippen LogP) is 3.66. The van der Waals surface area contributed by atoms with Crippen molar-refractivity contribution in [1.82, 2.24) is 14.5 Å². The highest BCUT2D eigenvalue weighted by Crippen LogP contribution is 2.50. The summed E-state index contributed by atoms with van der Waals surface area (Å²) in [7, 11) is 1.45. The van der Waals surface area contributed by atoms with Gasteiger partial charge in [0.25, 0.3) is 11.7 Å². The summed E-state index contributed by atoms with van der Waals surface area (Å²) in [5, 5.41) is 61.3. The van der Waals surface area contributed by atoms with E-state index in [0.717, 1.165) is 0 Å². The maximum absolute atomic E-state index is 14.8. The minimum absolute atomic E-state index is 0.0110. The second-order valence-corrected chi connectivity index (χ2v) is 19.1. The summed E-state index contributed by atoms with van der Waals surface area (Å²) in [5.74, 6) is -7.70. The number of methoxy groups -OCH3 is 1. The van der Waals surface area contributed by atoms with E-state index in [1.54, 1.807) is 51.3 Å². The lowest BCUT2D eigenvalue weighted by molar-refractivity contribution is -0.389. The van der Waals surface area contributed by atoms with Gasteiger partial charge in [0.15, 0.2) is 11.4 Å². The van der Waals surface area contributed by atoms with Crippen molar-refractivity contribution in [3.63, 3.8) is 0 Å². The fourth-order valence-electron chi connectivity index (χ4n) is 10.2. The summed E-state index contributed by atoms with van der Waals surface area (Å²) in [5.41, 5.74) is -0.967. The van der Waals surface area contributed by atoms with E-state index >= 15 is 0 Å². The second-order valence-electron chi connectivity index (χ2n) is 19.1. The van der Waals surface area contributed by atoms with E-state index in [-0.39, 0.29) is 67.6 Å². The van der Waals surface area contributed by atoms with Gasteiger partial charge >= 0.3 is 23.6 Å². The molecule has 1 unspecified atom stereocenters. The average Bonchev–Trinajstić information content (AvgIpc) is 4.06. The van der Waals surface area contributed by atoms with Gasteiger partial charge in [-0.1, -0.05) is 45.9 Å². The molecule has 0 saturated carbocycles. The Labute approximate surface area is 396 Å². The summed E-state index contributed by atoms with van der Waals surface area (Å²) in [4.78, 5) is 68.4. The number of hydrogen-bond acceptors (Lipinski definition) is 18. The molecule has 10 atom stereocenters. The van der Waals surface area contributed by atoms with Gasteiger partial charge in [0.2, 0.25) is 0 Å². The first-order chi connectivity index (χ1) is 32.6. The number of benzene rings is 2. The zero-order chi connectivity index (χ0) is 50.0. The molecule has 4 bridgehead atoms. The number of nitrogens with zero attached hydrogens (tertiary/aromatic N) is 6. The van der Waals surface area contributed by atoms with E-state index in [1.807, 2.05) is 0 Å². The third kappa shape index (κ3) is 8.80. The molecule has 6 heterocycles. The number of ether oxygens (including phenoxy) is 5. The van der Waals surface area contributed by atoms with Crippen LogP contribution in [0.4, 0.5) is 11.5 Å². The van der Waals surface area contributed by atoms with Crippen molar-refractivity contribution < 1.29 is 63.4 Å². The number of allylic oxidation sites excluding steroid dienone is 2.